The predicted octanol–water partition coefficient (Wildman–Crippen LogP) is 1.91. The van der Waals surface area contributed by atoms with Crippen molar-refractivity contribution in [2.45, 2.75) is 12.5 Å². The number of hydrogen-bond donors (Lipinski definition) is 2. The number of aliphatic hydroxyl groups excluding tert-OH is 1. The molecule has 0 heterocycles. The summed E-state index contributed by atoms with van der Waals surface area (Å²) in [5.41, 5.74) is 1.81. The van der Waals surface area contributed by atoms with Crippen LogP contribution in [0, 0.1) is 0 Å². The van der Waals surface area contributed by atoms with E-state index in [1.54, 1.807) is 48.5 Å². The maximum absolute atomic E-state index is 12.1. The summed E-state index contributed by atoms with van der Waals surface area (Å²) in [6.45, 7) is 0. The SMILES string of the molecule is O=C(c1ccccc1)c1ccc(C[C@H](O)C(=O)O)cc1. The zero-order valence-electron chi connectivity index (χ0n) is 10.7. The van der Waals surface area contributed by atoms with Gasteiger partial charge in [-0.1, -0.05) is 54.6 Å². The van der Waals surface area contributed by atoms with E-state index in [1.165, 1.54) is 0 Å². The Morgan fingerprint density at radius 2 is 1.45 bits per heavy atom. The second-order valence-electron chi connectivity index (χ2n) is 4.45. The van der Waals surface area contributed by atoms with E-state index >= 15 is 0 Å². The first kappa shape index (κ1) is 14.0. The van der Waals surface area contributed by atoms with Crippen molar-refractivity contribution < 1.29 is 19.8 Å². The van der Waals surface area contributed by atoms with Gasteiger partial charge in [-0.15, -0.1) is 0 Å². The monoisotopic (exact) mass is 270 g/mol. The van der Waals surface area contributed by atoms with Gasteiger partial charge in [-0.2, -0.15) is 0 Å². The molecule has 2 rings (SSSR count). The quantitative estimate of drug-likeness (QED) is 0.814. The van der Waals surface area contributed by atoms with Gasteiger partial charge in [0.1, 0.15) is 0 Å². The highest BCUT2D eigenvalue weighted by Crippen LogP contribution is 2.12. The van der Waals surface area contributed by atoms with Crippen LogP contribution in [0.5, 0.6) is 0 Å². The molecule has 0 spiro atoms. The highest BCUT2D eigenvalue weighted by Gasteiger charge is 2.14. The summed E-state index contributed by atoms with van der Waals surface area (Å²) in [5.74, 6) is -1.34. The number of carbonyl (C=O) groups is 2. The lowest BCUT2D eigenvalue weighted by Crippen LogP contribution is -2.21. The Labute approximate surface area is 116 Å². The molecule has 0 bridgehead atoms. The largest absolute Gasteiger partial charge is 0.479 e. The second kappa shape index (κ2) is 6.12. The molecule has 2 aromatic rings. The minimum Gasteiger partial charge on any atom is -0.479 e. The van der Waals surface area contributed by atoms with E-state index in [0.717, 1.165) is 0 Å². The van der Waals surface area contributed by atoms with Crippen LogP contribution in [0.1, 0.15) is 21.5 Å². The van der Waals surface area contributed by atoms with E-state index in [0.29, 0.717) is 16.7 Å². The molecule has 0 radical (unpaired) electrons. The zero-order valence-corrected chi connectivity index (χ0v) is 10.7. The fourth-order valence-corrected chi connectivity index (χ4v) is 1.86. The minimum absolute atomic E-state index is 0.0230. The summed E-state index contributed by atoms with van der Waals surface area (Å²) in [6.07, 6.45) is -1.40. The van der Waals surface area contributed by atoms with E-state index in [9.17, 15) is 14.7 Å². The molecule has 4 heteroatoms. The number of aliphatic hydroxyl groups is 1. The topological polar surface area (TPSA) is 74.6 Å². The fraction of sp³-hybridized carbons (Fsp3) is 0.125. The number of carboxylic acids is 1. The summed E-state index contributed by atoms with van der Waals surface area (Å²) in [7, 11) is 0. The maximum Gasteiger partial charge on any atom is 0.332 e. The number of carbonyl (C=O) groups excluding carboxylic acids is 1. The Morgan fingerprint density at radius 1 is 0.900 bits per heavy atom. The smallest absolute Gasteiger partial charge is 0.332 e. The molecule has 0 saturated carbocycles. The molecule has 0 unspecified atom stereocenters. The molecular weight excluding hydrogens is 256 g/mol. The van der Waals surface area contributed by atoms with Gasteiger partial charge >= 0.3 is 5.97 Å². The van der Waals surface area contributed by atoms with Crippen LogP contribution in [0.25, 0.3) is 0 Å². The molecule has 20 heavy (non-hydrogen) atoms. The first-order valence-corrected chi connectivity index (χ1v) is 6.17. The average molecular weight is 270 g/mol. The van der Waals surface area contributed by atoms with Crippen molar-refractivity contribution >= 4 is 11.8 Å². The van der Waals surface area contributed by atoms with E-state index in [2.05, 4.69) is 0 Å². The number of ketones is 1. The third-order valence-corrected chi connectivity index (χ3v) is 2.97. The average Bonchev–Trinajstić information content (AvgIpc) is 2.48. The summed E-state index contributed by atoms with van der Waals surface area (Å²) < 4.78 is 0. The molecule has 0 aromatic heterocycles. The third kappa shape index (κ3) is 3.30. The van der Waals surface area contributed by atoms with Gasteiger partial charge < -0.3 is 10.2 Å². The molecule has 0 aliphatic rings. The lowest BCUT2D eigenvalue weighted by molar-refractivity contribution is -0.146. The molecule has 2 N–H and O–H groups in total. The first-order valence-electron chi connectivity index (χ1n) is 6.17. The lowest BCUT2D eigenvalue weighted by atomic mass is 10.0. The van der Waals surface area contributed by atoms with Gasteiger partial charge in [0.25, 0.3) is 0 Å². The number of aliphatic carboxylic acids is 1. The Balaban J connectivity index is 2.12. The van der Waals surface area contributed by atoms with Crippen LogP contribution in [0.4, 0.5) is 0 Å². The molecule has 1 atom stereocenters. The molecule has 0 amide bonds. The van der Waals surface area contributed by atoms with Crippen molar-refractivity contribution in [3.05, 3.63) is 71.3 Å². The van der Waals surface area contributed by atoms with Gasteiger partial charge in [0.2, 0.25) is 0 Å². The molecule has 0 aliphatic carbocycles. The Kier molecular flexibility index (Phi) is 4.27. The zero-order chi connectivity index (χ0) is 14.5. The van der Waals surface area contributed by atoms with Crippen LogP contribution in [-0.4, -0.2) is 28.1 Å². The number of hydrogen-bond acceptors (Lipinski definition) is 3. The Morgan fingerprint density at radius 3 is 2.00 bits per heavy atom. The van der Waals surface area contributed by atoms with E-state index in [4.69, 9.17) is 5.11 Å². The third-order valence-electron chi connectivity index (χ3n) is 2.97. The summed E-state index contributed by atoms with van der Waals surface area (Å²) in [5, 5.41) is 17.9. The molecule has 0 fully saturated rings. The van der Waals surface area contributed by atoms with Gasteiger partial charge in [-0.05, 0) is 5.56 Å². The highest BCUT2D eigenvalue weighted by molar-refractivity contribution is 6.08. The Hall–Kier alpha value is -2.46. The molecule has 4 nitrogen and oxygen atoms in total. The van der Waals surface area contributed by atoms with Gasteiger partial charge in [0.05, 0.1) is 0 Å². The second-order valence-corrected chi connectivity index (χ2v) is 4.45. The molecule has 102 valence electrons. The van der Waals surface area contributed by atoms with Crippen molar-refractivity contribution in [3.8, 4) is 0 Å². The van der Waals surface area contributed by atoms with Gasteiger partial charge in [0, 0.05) is 17.5 Å². The van der Waals surface area contributed by atoms with Crippen LogP contribution < -0.4 is 0 Å². The van der Waals surface area contributed by atoms with Crippen LogP contribution in [0.2, 0.25) is 0 Å². The van der Waals surface area contributed by atoms with Crippen LogP contribution >= 0.6 is 0 Å². The number of carboxylic acid groups (broad SMARTS) is 1. The molecule has 0 aliphatic heterocycles. The molecule has 2 aromatic carbocycles. The minimum atomic E-state index is -1.43. The molecular formula is C16H14O4. The van der Waals surface area contributed by atoms with Crippen molar-refractivity contribution in [2.75, 3.05) is 0 Å². The van der Waals surface area contributed by atoms with Crippen molar-refractivity contribution in [1.29, 1.82) is 0 Å². The van der Waals surface area contributed by atoms with Gasteiger partial charge in [-0.3, -0.25) is 4.79 Å². The van der Waals surface area contributed by atoms with E-state index in [1.807, 2.05) is 6.07 Å². The van der Waals surface area contributed by atoms with Gasteiger partial charge in [0.15, 0.2) is 11.9 Å². The lowest BCUT2D eigenvalue weighted by Gasteiger charge is -2.06. The van der Waals surface area contributed by atoms with Crippen molar-refractivity contribution in [3.63, 3.8) is 0 Å². The Bertz CT molecular complexity index is 602. The summed E-state index contributed by atoms with van der Waals surface area (Å²) in [6, 6.07) is 15.5. The van der Waals surface area contributed by atoms with E-state index in [-0.39, 0.29) is 12.2 Å². The highest BCUT2D eigenvalue weighted by atomic mass is 16.4. The standard InChI is InChI=1S/C16H14O4/c17-14(16(19)20)10-11-6-8-13(9-7-11)15(18)12-4-2-1-3-5-12/h1-9,14,17H,10H2,(H,19,20)/t14-/m0/s1. The fourth-order valence-electron chi connectivity index (χ4n) is 1.86. The van der Waals surface area contributed by atoms with Crippen LogP contribution in [0.15, 0.2) is 54.6 Å². The first-order chi connectivity index (χ1) is 9.58. The number of benzene rings is 2. The summed E-state index contributed by atoms with van der Waals surface area (Å²) >= 11 is 0. The van der Waals surface area contributed by atoms with Crippen molar-refractivity contribution in [2.24, 2.45) is 0 Å². The van der Waals surface area contributed by atoms with Crippen LogP contribution in [-0.2, 0) is 11.2 Å². The predicted molar refractivity (Wildman–Crippen MR) is 73.7 cm³/mol. The number of rotatable bonds is 5. The molecule has 0 saturated heterocycles. The van der Waals surface area contributed by atoms with Crippen molar-refractivity contribution in [1.82, 2.24) is 0 Å². The van der Waals surface area contributed by atoms with E-state index < -0.39 is 12.1 Å². The van der Waals surface area contributed by atoms with Crippen LogP contribution in [0.3, 0.4) is 0 Å². The van der Waals surface area contributed by atoms with Gasteiger partial charge in [-0.25, -0.2) is 4.79 Å². The summed E-state index contributed by atoms with van der Waals surface area (Å²) in [4.78, 5) is 22.7. The normalized spacial score (nSPS) is 11.8. The maximum atomic E-state index is 12.1.